The van der Waals surface area contributed by atoms with E-state index in [2.05, 4.69) is 11.8 Å². The van der Waals surface area contributed by atoms with Gasteiger partial charge in [-0.1, -0.05) is 36.8 Å². The van der Waals surface area contributed by atoms with Gasteiger partial charge in [0.15, 0.2) is 0 Å². The minimum Gasteiger partial charge on any atom is -0.481 e. The van der Waals surface area contributed by atoms with Crippen molar-refractivity contribution >= 4 is 11.9 Å². The predicted octanol–water partition coefficient (Wildman–Crippen LogP) is 2.84. The van der Waals surface area contributed by atoms with Gasteiger partial charge < -0.3 is 10.0 Å². The van der Waals surface area contributed by atoms with Gasteiger partial charge in [0.2, 0.25) is 5.91 Å². The molecule has 5 heteroatoms. The second-order valence-corrected chi connectivity index (χ2v) is 7.31. The van der Waals surface area contributed by atoms with Crippen molar-refractivity contribution in [3.63, 3.8) is 0 Å². The molecule has 2 aliphatic heterocycles. The Morgan fingerprint density at radius 3 is 2.60 bits per heavy atom. The number of rotatable bonds is 5. The first-order chi connectivity index (χ1) is 12.0. The van der Waals surface area contributed by atoms with E-state index >= 15 is 0 Å². The molecule has 1 aromatic carbocycles. The number of amides is 1. The molecule has 2 aliphatic rings. The molecule has 1 aromatic rings. The van der Waals surface area contributed by atoms with E-state index in [1.165, 1.54) is 0 Å². The minimum atomic E-state index is -0.804. The number of aryl methyl sites for hydroxylation is 1. The summed E-state index contributed by atoms with van der Waals surface area (Å²) in [6.07, 6.45) is 2.98. The number of carbonyl (C=O) groups is 2. The smallest absolute Gasteiger partial charge is 0.308 e. The lowest BCUT2D eigenvalue weighted by atomic mass is 9.83. The number of carboxylic acid groups (broad SMARTS) is 1. The molecule has 2 heterocycles. The van der Waals surface area contributed by atoms with Crippen LogP contribution < -0.4 is 0 Å². The highest BCUT2D eigenvalue weighted by molar-refractivity contribution is 5.81. The van der Waals surface area contributed by atoms with Crippen LogP contribution in [0.1, 0.15) is 49.8 Å². The fourth-order valence-electron chi connectivity index (χ4n) is 4.35. The maximum absolute atomic E-state index is 12.7. The van der Waals surface area contributed by atoms with Crippen molar-refractivity contribution in [3.8, 4) is 0 Å². The molecule has 136 valence electrons. The molecular weight excluding hydrogens is 316 g/mol. The Labute approximate surface area is 149 Å². The zero-order chi connectivity index (χ0) is 18.0. The highest BCUT2D eigenvalue weighted by Crippen LogP contribution is 2.38. The summed E-state index contributed by atoms with van der Waals surface area (Å²) >= 11 is 0. The fourth-order valence-corrected chi connectivity index (χ4v) is 4.35. The summed E-state index contributed by atoms with van der Waals surface area (Å²) in [5, 5.41) is 9.74. The number of likely N-dealkylation sites (tertiary alicyclic amines) is 2. The number of hydrogen-bond acceptors (Lipinski definition) is 3. The van der Waals surface area contributed by atoms with Crippen molar-refractivity contribution in [2.24, 2.45) is 5.92 Å². The average Bonchev–Trinajstić information content (AvgIpc) is 3.04. The molecule has 0 radical (unpaired) electrons. The number of benzene rings is 1. The number of piperidine rings is 1. The minimum absolute atomic E-state index is 0.0889. The second-order valence-electron chi connectivity index (χ2n) is 7.31. The SMILES string of the molecule is CCN1CCC[C@@H]1CN1C(=O)CC[C@@H](C(=O)O)[C@@H]1c1ccc(C)cc1. The summed E-state index contributed by atoms with van der Waals surface area (Å²) in [7, 11) is 0. The van der Waals surface area contributed by atoms with Gasteiger partial charge in [-0.2, -0.15) is 0 Å². The monoisotopic (exact) mass is 344 g/mol. The van der Waals surface area contributed by atoms with Crippen LogP contribution >= 0.6 is 0 Å². The topological polar surface area (TPSA) is 60.9 Å². The second kappa shape index (κ2) is 7.56. The molecule has 5 nitrogen and oxygen atoms in total. The highest BCUT2D eigenvalue weighted by atomic mass is 16.4. The van der Waals surface area contributed by atoms with Crippen LogP contribution in [0.2, 0.25) is 0 Å². The van der Waals surface area contributed by atoms with E-state index in [-0.39, 0.29) is 11.9 Å². The highest BCUT2D eigenvalue weighted by Gasteiger charge is 2.42. The van der Waals surface area contributed by atoms with Gasteiger partial charge in [0.1, 0.15) is 0 Å². The zero-order valence-corrected chi connectivity index (χ0v) is 15.1. The standard InChI is InChI=1S/C20H28N2O3/c1-3-21-12-4-5-16(21)13-22-18(23)11-10-17(20(24)25)19(22)15-8-6-14(2)7-9-15/h6-9,16-17,19H,3-5,10-13H2,1-2H3,(H,24,25)/t16-,17-,19+/m1/s1. The molecule has 0 aliphatic carbocycles. The molecular formula is C20H28N2O3. The van der Waals surface area contributed by atoms with E-state index in [0.29, 0.717) is 25.4 Å². The molecule has 0 saturated carbocycles. The predicted molar refractivity (Wildman–Crippen MR) is 96.3 cm³/mol. The Bertz CT molecular complexity index is 628. The van der Waals surface area contributed by atoms with Crippen molar-refractivity contribution in [2.75, 3.05) is 19.6 Å². The van der Waals surface area contributed by atoms with Gasteiger partial charge in [0.05, 0.1) is 12.0 Å². The molecule has 3 rings (SSSR count). The number of carbonyl (C=O) groups excluding carboxylic acids is 1. The van der Waals surface area contributed by atoms with Crippen LogP contribution in [0.4, 0.5) is 0 Å². The average molecular weight is 344 g/mol. The number of carboxylic acids is 1. The van der Waals surface area contributed by atoms with E-state index in [4.69, 9.17) is 0 Å². The molecule has 1 N–H and O–H groups in total. The lowest BCUT2D eigenvalue weighted by molar-refractivity contribution is -0.152. The molecule has 0 bridgehead atoms. The lowest BCUT2D eigenvalue weighted by Crippen LogP contribution is -2.50. The molecule has 2 saturated heterocycles. The van der Waals surface area contributed by atoms with E-state index in [1.54, 1.807) is 0 Å². The number of likely N-dealkylation sites (N-methyl/N-ethyl adjacent to an activating group) is 1. The van der Waals surface area contributed by atoms with E-state index < -0.39 is 11.9 Å². The summed E-state index contributed by atoms with van der Waals surface area (Å²) in [6.45, 7) is 6.84. The first-order valence-corrected chi connectivity index (χ1v) is 9.34. The fraction of sp³-hybridized carbons (Fsp3) is 0.600. The van der Waals surface area contributed by atoms with Crippen LogP contribution in [0.3, 0.4) is 0 Å². The van der Waals surface area contributed by atoms with Crippen molar-refractivity contribution < 1.29 is 14.7 Å². The molecule has 3 atom stereocenters. The maximum Gasteiger partial charge on any atom is 0.308 e. The van der Waals surface area contributed by atoms with Crippen molar-refractivity contribution in [2.45, 2.75) is 51.6 Å². The van der Waals surface area contributed by atoms with Gasteiger partial charge in [-0.15, -0.1) is 0 Å². The van der Waals surface area contributed by atoms with Crippen LogP contribution in [-0.4, -0.2) is 52.5 Å². The van der Waals surface area contributed by atoms with Crippen LogP contribution in [0.15, 0.2) is 24.3 Å². The number of nitrogens with zero attached hydrogens (tertiary/aromatic N) is 2. The molecule has 0 unspecified atom stereocenters. The quantitative estimate of drug-likeness (QED) is 0.892. The first kappa shape index (κ1) is 17.9. The van der Waals surface area contributed by atoms with E-state index in [1.807, 2.05) is 36.1 Å². The first-order valence-electron chi connectivity index (χ1n) is 9.34. The molecule has 2 fully saturated rings. The maximum atomic E-state index is 12.7. The van der Waals surface area contributed by atoms with Crippen molar-refractivity contribution in [1.82, 2.24) is 9.80 Å². The van der Waals surface area contributed by atoms with Crippen molar-refractivity contribution in [1.29, 1.82) is 0 Å². The summed E-state index contributed by atoms with van der Waals surface area (Å²) in [5.41, 5.74) is 2.07. The normalized spacial score (nSPS) is 27.7. The zero-order valence-electron chi connectivity index (χ0n) is 15.1. The lowest BCUT2D eigenvalue weighted by Gasteiger charge is -2.42. The van der Waals surface area contributed by atoms with Crippen molar-refractivity contribution in [3.05, 3.63) is 35.4 Å². The van der Waals surface area contributed by atoms with Crippen LogP contribution in [0, 0.1) is 12.8 Å². The van der Waals surface area contributed by atoms with Gasteiger partial charge in [0, 0.05) is 19.0 Å². The Morgan fingerprint density at radius 2 is 1.96 bits per heavy atom. The Morgan fingerprint density at radius 1 is 1.24 bits per heavy atom. The Balaban J connectivity index is 1.91. The Kier molecular flexibility index (Phi) is 5.42. The number of hydrogen-bond donors (Lipinski definition) is 1. The third-order valence-electron chi connectivity index (χ3n) is 5.76. The summed E-state index contributed by atoms with van der Waals surface area (Å²) in [4.78, 5) is 28.8. The third kappa shape index (κ3) is 3.71. The number of aliphatic carboxylic acids is 1. The molecule has 0 aromatic heterocycles. The van der Waals surface area contributed by atoms with Gasteiger partial charge in [-0.05, 0) is 44.8 Å². The summed E-state index contributed by atoms with van der Waals surface area (Å²) in [6, 6.07) is 7.94. The van der Waals surface area contributed by atoms with Crippen LogP contribution in [-0.2, 0) is 9.59 Å². The molecule has 25 heavy (non-hydrogen) atoms. The van der Waals surface area contributed by atoms with Gasteiger partial charge >= 0.3 is 5.97 Å². The molecule has 0 spiro atoms. The third-order valence-corrected chi connectivity index (χ3v) is 5.76. The van der Waals surface area contributed by atoms with E-state index in [9.17, 15) is 14.7 Å². The Hall–Kier alpha value is -1.88. The van der Waals surface area contributed by atoms with Gasteiger partial charge in [-0.25, -0.2) is 0 Å². The van der Waals surface area contributed by atoms with Crippen LogP contribution in [0.5, 0.6) is 0 Å². The summed E-state index contributed by atoms with van der Waals surface area (Å²) in [5.74, 6) is -1.25. The van der Waals surface area contributed by atoms with Crippen LogP contribution in [0.25, 0.3) is 0 Å². The van der Waals surface area contributed by atoms with Gasteiger partial charge in [0.25, 0.3) is 0 Å². The summed E-state index contributed by atoms with van der Waals surface area (Å²) < 4.78 is 0. The molecule has 1 amide bonds. The largest absolute Gasteiger partial charge is 0.481 e. The van der Waals surface area contributed by atoms with E-state index in [0.717, 1.165) is 37.1 Å². The van der Waals surface area contributed by atoms with Gasteiger partial charge in [-0.3, -0.25) is 14.5 Å².